The van der Waals surface area contributed by atoms with E-state index in [1.54, 1.807) is 24.3 Å². The minimum atomic E-state index is -3.50. The second kappa shape index (κ2) is 8.05. The fraction of sp³-hybridized carbons (Fsp3) is 0.368. The lowest BCUT2D eigenvalue weighted by Crippen LogP contribution is -2.47. The highest BCUT2D eigenvalue weighted by Gasteiger charge is 2.27. The SMILES string of the molecule is CN1CCN(S(=O)(=O)c2ccc(N(C)Cc3ccc(C#N)cc3)nc2)CC1. The second-order valence-corrected chi connectivity index (χ2v) is 8.66. The maximum Gasteiger partial charge on any atom is 0.244 e. The van der Waals surface area contributed by atoms with Crippen LogP contribution >= 0.6 is 0 Å². The predicted octanol–water partition coefficient (Wildman–Crippen LogP) is 1.53. The third-order valence-corrected chi connectivity index (χ3v) is 6.60. The van der Waals surface area contributed by atoms with E-state index in [-0.39, 0.29) is 4.90 Å². The molecule has 0 atom stereocenters. The van der Waals surface area contributed by atoms with Crippen LogP contribution in [0.5, 0.6) is 0 Å². The van der Waals surface area contributed by atoms with Gasteiger partial charge in [-0.1, -0.05) is 12.1 Å². The number of anilines is 1. The smallest absolute Gasteiger partial charge is 0.244 e. The summed E-state index contributed by atoms with van der Waals surface area (Å²) in [5.74, 6) is 0.691. The highest BCUT2D eigenvalue weighted by atomic mass is 32.2. The topological polar surface area (TPSA) is 80.5 Å². The Morgan fingerprint density at radius 1 is 1.11 bits per heavy atom. The Morgan fingerprint density at radius 2 is 1.78 bits per heavy atom. The third-order valence-electron chi connectivity index (χ3n) is 4.71. The van der Waals surface area contributed by atoms with Gasteiger partial charge in [0, 0.05) is 46.0 Å². The van der Waals surface area contributed by atoms with Crippen molar-refractivity contribution in [3.8, 4) is 6.07 Å². The fourth-order valence-corrected chi connectivity index (χ4v) is 4.34. The summed E-state index contributed by atoms with van der Waals surface area (Å²) >= 11 is 0. The maximum atomic E-state index is 12.8. The average molecular weight is 385 g/mol. The van der Waals surface area contributed by atoms with Crippen LogP contribution in [0.25, 0.3) is 0 Å². The number of nitriles is 1. The van der Waals surface area contributed by atoms with Crippen LogP contribution in [0.2, 0.25) is 0 Å². The van der Waals surface area contributed by atoms with Crippen LogP contribution in [0, 0.1) is 11.3 Å². The summed E-state index contributed by atoms with van der Waals surface area (Å²) in [6.07, 6.45) is 1.43. The summed E-state index contributed by atoms with van der Waals surface area (Å²) < 4.78 is 27.0. The van der Waals surface area contributed by atoms with Crippen molar-refractivity contribution in [1.82, 2.24) is 14.2 Å². The normalized spacial score (nSPS) is 16.0. The Hall–Kier alpha value is -2.47. The van der Waals surface area contributed by atoms with E-state index >= 15 is 0 Å². The molecule has 0 saturated carbocycles. The van der Waals surface area contributed by atoms with E-state index in [4.69, 9.17) is 5.26 Å². The first-order chi connectivity index (χ1) is 12.9. The average Bonchev–Trinajstić information content (AvgIpc) is 2.69. The monoisotopic (exact) mass is 385 g/mol. The van der Waals surface area contributed by atoms with Crippen LogP contribution in [-0.2, 0) is 16.6 Å². The van der Waals surface area contributed by atoms with E-state index in [9.17, 15) is 8.42 Å². The van der Waals surface area contributed by atoms with Crippen molar-refractivity contribution in [3.05, 3.63) is 53.7 Å². The Bertz CT molecular complexity index is 912. The molecular formula is C19H23N5O2S. The maximum absolute atomic E-state index is 12.8. The molecule has 0 bridgehead atoms. The molecule has 2 aromatic rings. The number of hydrogen-bond donors (Lipinski definition) is 0. The lowest BCUT2D eigenvalue weighted by atomic mass is 10.1. The van der Waals surface area contributed by atoms with Gasteiger partial charge in [-0.15, -0.1) is 0 Å². The number of aromatic nitrogens is 1. The van der Waals surface area contributed by atoms with Gasteiger partial charge in [0.05, 0.1) is 11.6 Å². The fourth-order valence-electron chi connectivity index (χ4n) is 2.97. The zero-order chi connectivity index (χ0) is 19.4. The predicted molar refractivity (Wildman–Crippen MR) is 104 cm³/mol. The number of hydrogen-bond acceptors (Lipinski definition) is 6. The molecule has 27 heavy (non-hydrogen) atoms. The zero-order valence-electron chi connectivity index (χ0n) is 15.5. The Kier molecular flexibility index (Phi) is 5.75. The number of rotatable bonds is 5. The van der Waals surface area contributed by atoms with E-state index in [0.717, 1.165) is 18.7 Å². The number of likely N-dealkylation sites (N-methyl/N-ethyl adjacent to an activating group) is 1. The summed E-state index contributed by atoms with van der Waals surface area (Å²) in [7, 11) is 0.389. The quantitative estimate of drug-likeness (QED) is 0.776. The van der Waals surface area contributed by atoms with Gasteiger partial charge >= 0.3 is 0 Å². The zero-order valence-corrected chi connectivity index (χ0v) is 16.4. The molecule has 0 aliphatic carbocycles. The molecule has 2 heterocycles. The van der Waals surface area contributed by atoms with Gasteiger partial charge in [0.2, 0.25) is 10.0 Å². The molecule has 0 amide bonds. The van der Waals surface area contributed by atoms with Crippen LogP contribution in [0.4, 0.5) is 5.82 Å². The highest BCUT2D eigenvalue weighted by Crippen LogP contribution is 2.20. The lowest BCUT2D eigenvalue weighted by Gasteiger charge is -2.31. The molecule has 1 aliphatic rings. The minimum Gasteiger partial charge on any atom is -0.355 e. The molecule has 0 spiro atoms. The van der Waals surface area contributed by atoms with Crippen LogP contribution in [0.1, 0.15) is 11.1 Å². The van der Waals surface area contributed by atoms with Gasteiger partial charge < -0.3 is 9.80 Å². The molecule has 1 aromatic heterocycles. The number of nitrogens with zero attached hydrogens (tertiary/aromatic N) is 5. The first kappa shape index (κ1) is 19.3. The van der Waals surface area contributed by atoms with E-state index in [0.29, 0.717) is 31.0 Å². The van der Waals surface area contributed by atoms with Gasteiger partial charge in [-0.25, -0.2) is 13.4 Å². The van der Waals surface area contributed by atoms with Gasteiger partial charge in [-0.2, -0.15) is 9.57 Å². The largest absolute Gasteiger partial charge is 0.355 e. The van der Waals surface area contributed by atoms with Crippen LogP contribution in [0.15, 0.2) is 47.5 Å². The first-order valence-corrected chi connectivity index (χ1v) is 10.2. The molecular weight excluding hydrogens is 362 g/mol. The standard InChI is InChI=1S/C19H23N5O2S/c1-22-9-11-24(12-10-22)27(25,26)18-7-8-19(21-14-18)23(2)15-17-5-3-16(13-20)4-6-17/h3-8,14H,9-12,15H2,1-2H3. The molecule has 0 N–H and O–H groups in total. The number of piperazine rings is 1. The molecule has 1 saturated heterocycles. The van der Waals surface area contributed by atoms with Gasteiger partial charge in [0.1, 0.15) is 10.7 Å². The van der Waals surface area contributed by atoms with E-state index in [1.165, 1.54) is 10.5 Å². The first-order valence-electron chi connectivity index (χ1n) is 8.75. The van der Waals surface area contributed by atoms with Crippen molar-refractivity contribution in [2.24, 2.45) is 0 Å². The number of benzene rings is 1. The van der Waals surface area contributed by atoms with E-state index in [2.05, 4.69) is 16.0 Å². The lowest BCUT2D eigenvalue weighted by molar-refractivity contribution is 0.222. The summed E-state index contributed by atoms with van der Waals surface area (Å²) in [5, 5.41) is 8.86. The summed E-state index contributed by atoms with van der Waals surface area (Å²) in [6, 6.07) is 12.8. The Labute approximate surface area is 160 Å². The van der Waals surface area contributed by atoms with Crippen molar-refractivity contribution in [1.29, 1.82) is 5.26 Å². The molecule has 0 unspecified atom stereocenters. The van der Waals surface area contributed by atoms with E-state index < -0.39 is 10.0 Å². The van der Waals surface area contributed by atoms with Gasteiger partial charge in [0.15, 0.2) is 0 Å². The Morgan fingerprint density at radius 3 is 2.33 bits per heavy atom. The second-order valence-electron chi connectivity index (χ2n) is 6.72. The van der Waals surface area contributed by atoms with Crippen molar-refractivity contribution < 1.29 is 8.42 Å². The van der Waals surface area contributed by atoms with Crippen molar-refractivity contribution >= 4 is 15.8 Å². The van der Waals surface area contributed by atoms with Crippen LogP contribution < -0.4 is 4.90 Å². The van der Waals surface area contributed by atoms with Gasteiger partial charge in [-0.3, -0.25) is 0 Å². The minimum absolute atomic E-state index is 0.225. The van der Waals surface area contributed by atoms with Crippen LogP contribution in [-0.4, -0.2) is 62.9 Å². The summed E-state index contributed by atoms with van der Waals surface area (Å²) in [4.78, 5) is 8.62. The molecule has 1 fully saturated rings. The molecule has 7 nitrogen and oxygen atoms in total. The summed E-state index contributed by atoms with van der Waals surface area (Å²) in [6.45, 7) is 3.08. The van der Waals surface area contributed by atoms with Gasteiger partial charge in [0.25, 0.3) is 0 Å². The Balaban J connectivity index is 1.69. The molecule has 1 aliphatic heterocycles. The number of sulfonamides is 1. The highest BCUT2D eigenvalue weighted by molar-refractivity contribution is 7.89. The molecule has 1 aromatic carbocycles. The summed E-state index contributed by atoms with van der Waals surface area (Å²) in [5.41, 5.74) is 1.67. The van der Waals surface area contributed by atoms with Crippen molar-refractivity contribution in [2.45, 2.75) is 11.4 Å². The molecule has 0 radical (unpaired) electrons. The van der Waals surface area contributed by atoms with Crippen molar-refractivity contribution in [2.75, 3.05) is 45.2 Å². The molecule has 3 rings (SSSR count). The number of pyridine rings is 1. The van der Waals surface area contributed by atoms with Gasteiger partial charge in [-0.05, 0) is 36.9 Å². The molecule has 142 valence electrons. The third kappa shape index (κ3) is 4.45. The molecule has 8 heteroatoms. The van der Waals surface area contributed by atoms with Crippen molar-refractivity contribution in [3.63, 3.8) is 0 Å². The van der Waals surface area contributed by atoms with Crippen LogP contribution in [0.3, 0.4) is 0 Å². The van der Waals surface area contributed by atoms with E-state index in [1.807, 2.05) is 31.1 Å².